The minimum absolute atomic E-state index is 0.0247. The number of carbonyl (C=O) groups is 4. The van der Waals surface area contributed by atoms with E-state index in [0.29, 0.717) is 16.3 Å². The minimum Gasteiger partial charge on any atom is -0.426 e. The van der Waals surface area contributed by atoms with E-state index in [1.807, 2.05) is 6.92 Å². The average Bonchev–Trinajstić information content (AvgIpc) is 3.51. The molecule has 6 rings (SSSR count). The van der Waals surface area contributed by atoms with Crippen molar-refractivity contribution < 1.29 is 23.9 Å². The van der Waals surface area contributed by atoms with E-state index in [0.717, 1.165) is 10.5 Å². The fraction of sp³-hybridized carbons (Fsp3) is 0.357. The number of amides is 3. The monoisotopic (exact) mass is 708 g/mol. The molecule has 0 aromatic heterocycles. The van der Waals surface area contributed by atoms with Crippen LogP contribution in [0.1, 0.15) is 17.5 Å². The Balaban J connectivity index is 1.21. The van der Waals surface area contributed by atoms with E-state index in [-0.39, 0.29) is 40.4 Å². The number of halogens is 7. The molecule has 4 aliphatic rings. The van der Waals surface area contributed by atoms with Crippen molar-refractivity contribution in [2.24, 2.45) is 17.8 Å². The zero-order valence-electron chi connectivity index (χ0n) is 21.7. The Labute approximate surface area is 275 Å². The van der Waals surface area contributed by atoms with Gasteiger partial charge in [-0.25, -0.2) is 4.90 Å². The normalized spacial score (nSPS) is 31.5. The molecule has 5 atom stereocenters. The van der Waals surface area contributed by atoms with Crippen LogP contribution in [0, 0.1) is 31.6 Å². The summed E-state index contributed by atoms with van der Waals surface area (Å²) in [5.74, 6) is -5.28. The zero-order chi connectivity index (χ0) is 30.7. The third-order valence-electron chi connectivity index (χ3n) is 8.46. The number of ether oxygens (including phenoxy) is 1. The minimum atomic E-state index is -2.03. The number of allylic oxidation sites excluding steroid dienone is 2. The quantitative estimate of drug-likeness (QED) is 0.150. The number of fused-ring (bicyclic) bond motifs is 5. The van der Waals surface area contributed by atoms with Gasteiger partial charge in [-0.05, 0) is 55.3 Å². The second-order valence-electron chi connectivity index (χ2n) is 10.8. The number of aryl methyl sites for hydroxylation is 2. The van der Waals surface area contributed by atoms with Crippen LogP contribution < -0.4 is 14.5 Å². The predicted octanol–water partition coefficient (Wildman–Crippen LogP) is 6.87. The van der Waals surface area contributed by atoms with Gasteiger partial charge in [0.25, 0.3) is 0 Å². The maximum atomic E-state index is 13.7. The van der Waals surface area contributed by atoms with Crippen LogP contribution in [0.15, 0.2) is 46.5 Å². The first-order chi connectivity index (χ1) is 19.6. The highest BCUT2D eigenvalue weighted by atomic mass is 35.5. The van der Waals surface area contributed by atoms with E-state index in [4.69, 9.17) is 85.9 Å². The van der Waals surface area contributed by atoms with Crippen LogP contribution in [0.2, 0.25) is 5.02 Å². The second-order valence-corrected chi connectivity index (χ2v) is 14.5. The summed E-state index contributed by atoms with van der Waals surface area (Å²) in [6.45, 7) is 3.62. The SMILES string of the molecule is Cc1ccc(N2C[C@H](C(=O)Oc3ccc(N4C(=O)[C@H]5[C@H](C4=O)[C@@]4(Cl)C(Cl)=C(Cl)[C@@]5(Cl)C4(Cl)Cl)c(C)c3)CC2=O)cc1Cl. The van der Waals surface area contributed by atoms with Crippen molar-refractivity contribution in [1.29, 1.82) is 0 Å². The van der Waals surface area contributed by atoms with Gasteiger partial charge >= 0.3 is 5.97 Å². The van der Waals surface area contributed by atoms with Crippen molar-refractivity contribution in [2.75, 3.05) is 16.3 Å². The number of benzene rings is 2. The molecule has 0 unspecified atom stereocenters. The Morgan fingerprint density at radius 2 is 1.45 bits per heavy atom. The number of rotatable bonds is 4. The van der Waals surface area contributed by atoms with Crippen LogP contribution in [0.4, 0.5) is 11.4 Å². The predicted molar refractivity (Wildman–Crippen MR) is 163 cm³/mol. The highest BCUT2D eigenvalue weighted by Crippen LogP contribution is 2.77. The molecule has 2 aromatic carbocycles. The molecule has 2 aromatic rings. The molecule has 14 heteroatoms. The van der Waals surface area contributed by atoms with Crippen molar-refractivity contribution in [3.63, 3.8) is 0 Å². The zero-order valence-corrected chi connectivity index (χ0v) is 27.0. The average molecular weight is 712 g/mol. The summed E-state index contributed by atoms with van der Waals surface area (Å²) in [5, 5.41) is 0.162. The number of esters is 1. The molecule has 7 nitrogen and oxygen atoms in total. The molecule has 0 spiro atoms. The summed E-state index contributed by atoms with van der Waals surface area (Å²) in [7, 11) is 0. The smallest absolute Gasteiger partial charge is 0.316 e. The number of nitrogens with zero attached hydrogens (tertiary/aromatic N) is 2. The van der Waals surface area contributed by atoms with Gasteiger partial charge in [-0.15, -0.1) is 23.2 Å². The van der Waals surface area contributed by atoms with Crippen LogP contribution in [-0.2, 0) is 19.2 Å². The van der Waals surface area contributed by atoms with Gasteiger partial charge in [0.2, 0.25) is 17.7 Å². The molecule has 2 heterocycles. The number of anilines is 2. The third kappa shape index (κ3) is 3.81. The van der Waals surface area contributed by atoms with Gasteiger partial charge in [0, 0.05) is 23.7 Å². The van der Waals surface area contributed by atoms with Crippen LogP contribution in [0.3, 0.4) is 0 Å². The van der Waals surface area contributed by atoms with Crippen molar-refractivity contribution in [3.05, 3.63) is 62.6 Å². The highest BCUT2D eigenvalue weighted by molar-refractivity contribution is 6.67. The van der Waals surface area contributed by atoms with Gasteiger partial charge in [-0.3, -0.25) is 19.2 Å². The largest absolute Gasteiger partial charge is 0.426 e. The first-order valence-electron chi connectivity index (χ1n) is 12.7. The van der Waals surface area contributed by atoms with Crippen LogP contribution in [-0.4, -0.2) is 44.3 Å². The first-order valence-corrected chi connectivity index (χ1v) is 15.3. The lowest BCUT2D eigenvalue weighted by atomic mass is 9.84. The van der Waals surface area contributed by atoms with Gasteiger partial charge in [-0.2, -0.15) is 0 Å². The number of carbonyl (C=O) groups excluding carboxylic acids is 4. The Bertz CT molecular complexity index is 1610. The van der Waals surface area contributed by atoms with Crippen LogP contribution >= 0.6 is 81.2 Å². The molecular weight excluding hydrogens is 692 g/mol. The van der Waals surface area contributed by atoms with Crippen LogP contribution in [0.25, 0.3) is 0 Å². The summed E-state index contributed by atoms with van der Waals surface area (Å²) >= 11 is 45.6. The molecular formula is C28H19Cl7N2O5. The lowest BCUT2D eigenvalue weighted by Gasteiger charge is -2.34. The molecule has 3 amide bonds. The topological polar surface area (TPSA) is 84.0 Å². The summed E-state index contributed by atoms with van der Waals surface area (Å²) in [6.07, 6.45) is -0.0247. The molecule has 1 saturated carbocycles. The van der Waals surface area contributed by atoms with E-state index in [1.165, 1.54) is 23.1 Å². The second kappa shape index (κ2) is 9.90. The summed E-state index contributed by atoms with van der Waals surface area (Å²) in [6, 6.07) is 9.66. The number of alkyl halides is 4. The lowest BCUT2D eigenvalue weighted by Crippen LogP contribution is -2.50. The number of hydrogen-bond donors (Lipinski definition) is 0. The summed E-state index contributed by atoms with van der Waals surface area (Å²) in [4.78, 5) is 51.6. The molecule has 2 aliphatic carbocycles. The number of hydrogen-bond acceptors (Lipinski definition) is 5. The van der Waals surface area contributed by atoms with Crippen LogP contribution in [0.5, 0.6) is 5.75 Å². The van der Waals surface area contributed by atoms with Gasteiger partial charge in [0.15, 0.2) is 4.33 Å². The Hall–Kier alpha value is -1.71. The molecule has 2 bridgehead atoms. The van der Waals surface area contributed by atoms with E-state index in [9.17, 15) is 19.2 Å². The van der Waals surface area contributed by atoms with Crippen molar-refractivity contribution >= 4 is 116 Å². The van der Waals surface area contributed by atoms with E-state index >= 15 is 0 Å². The van der Waals surface area contributed by atoms with Gasteiger partial charge in [-0.1, -0.05) is 64.1 Å². The first kappa shape index (κ1) is 30.3. The molecule has 3 fully saturated rings. The van der Waals surface area contributed by atoms with Gasteiger partial charge < -0.3 is 9.64 Å². The van der Waals surface area contributed by atoms with Gasteiger partial charge in [0.1, 0.15) is 15.5 Å². The highest BCUT2D eigenvalue weighted by Gasteiger charge is 2.87. The molecule has 42 heavy (non-hydrogen) atoms. The molecule has 0 N–H and O–H groups in total. The van der Waals surface area contributed by atoms with Crippen molar-refractivity contribution in [2.45, 2.75) is 34.3 Å². The Morgan fingerprint density at radius 3 is 2.00 bits per heavy atom. The standard InChI is InChI=1S/C28H19Cl7N2O5/c1-11-3-4-14(9-16(11)29)36-10-13(8-18(36)38)25(41)42-15-5-6-17(12(2)7-15)37-23(39)19-20(24(37)40)27(33)22(31)21(30)26(19,32)28(27,34)35/h3-7,9,13,19-20H,8,10H2,1-2H3/t13-,19-,20-,26-,27-/m1/s1. The lowest BCUT2D eigenvalue weighted by molar-refractivity contribution is -0.139. The van der Waals surface area contributed by atoms with Gasteiger partial charge in [0.05, 0.1) is 33.5 Å². The maximum absolute atomic E-state index is 13.7. The van der Waals surface area contributed by atoms with E-state index in [2.05, 4.69) is 0 Å². The summed E-state index contributed by atoms with van der Waals surface area (Å²) in [5.41, 5.74) is 2.13. The Kier molecular flexibility index (Phi) is 7.15. The molecule has 0 radical (unpaired) electrons. The van der Waals surface area contributed by atoms with E-state index in [1.54, 1.807) is 25.1 Å². The molecule has 220 valence electrons. The molecule has 2 saturated heterocycles. The van der Waals surface area contributed by atoms with E-state index < -0.39 is 49.6 Å². The fourth-order valence-electron chi connectivity index (χ4n) is 6.24. The fourth-order valence-corrected chi connectivity index (χ4v) is 9.34. The molecule has 2 aliphatic heterocycles. The third-order valence-corrected chi connectivity index (χ3v) is 13.1. The summed E-state index contributed by atoms with van der Waals surface area (Å²) < 4.78 is 3.55. The number of imide groups is 1. The maximum Gasteiger partial charge on any atom is 0.316 e. The van der Waals surface area contributed by atoms with Crippen molar-refractivity contribution in [3.8, 4) is 5.75 Å². The Morgan fingerprint density at radius 1 is 0.857 bits per heavy atom. The van der Waals surface area contributed by atoms with Crippen molar-refractivity contribution in [1.82, 2.24) is 0 Å².